The van der Waals surface area contributed by atoms with Crippen molar-refractivity contribution in [3.05, 3.63) is 29.3 Å². The Morgan fingerprint density at radius 1 is 1.39 bits per heavy atom. The second kappa shape index (κ2) is 6.10. The van der Waals surface area contributed by atoms with Gasteiger partial charge in [0.25, 0.3) is 0 Å². The third kappa shape index (κ3) is 3.91. The van der Waals surface area contributed by atoms with Crippen molar-refractivity contribution in [2.75, 3.05) is 13.0 Å². The SMILES string of the molecule is COc1ccc(CNC(=O)CCl)c(C(C)(C)C)c1. The molecule has 3 nitrogen and oxygen atoms in total. The van der Waals surface area contributed by atoms with E-state index in [9.17, 15) is 4.79 Å². The molecule has 1 aromatic rings. The minimum Gasteiger partial charge on any atom is -0.497 e. The summed E-state index contributed by atoms with van der Waals surface area (Å²) in [5.41, 5.74) is 2.24. The molecule has 0 radical (unpaired) electrons. The van der Waals surface area contributed by atoms with Crippen LogP contribution in [0.15, 0.2) is 18.2 Å². The standard InChI is InChI=1S/C14H20ClNO2/c1-14(2,3)12-7-11(18-4)6-5-10(12)9-16-13(17)8-15/h5-7H,8-9H2,1-4H3,(H,16,17). The predicted octanol–water partition coefficient (Wildman–Crippen LogP) is 2.85. The fourth-order valence-corrected chi connectivity index (χ4v) is 1.87. The number of hydrogen-bond acceptors (Lipinski definition) is 2. The number of amides is 1. The molecule has 0 saturated heterocycles. The minimum absolute atomic E-state index is 0.00440. The Hall–Kier alpha value is -1.22. The van der Waals surface area contributed by atoms with Gasteiger partial charge < -0.3 is 10.1 Å². The Morgan fingerprint density at radius 3 is 2.56 bits per heavy atom. The van der Waals surface area contributed by atoms with Gasteiger partial charge in [0.2, 0.25) is 5.91 Å². The van der Waals surface area contributed by atoms with Gasteiger partial charge in [0.1, 0.15) is 11.6 Å². The summed E-state index contributed by atoms with van der Waals surface area (Å²) in [7, 11) is 1.65. The molecule has 0 aromatic heterocycles. The lowest BCUT2D eigenvalue weighted by Crippen LogP contribution is -2.26. The first-order chi connectivity index (χ1) is 8.38. The Kier molecular flexibility index (Phi) is 5.03. The van der Waals surface area contributed by atoms with E-state index in [-0.39, 0.29) is 17.2 Å². The summed E-state index contributed by atoms with van der Waals surface area (Å²) in [5.74, 6) is 0.653. The van der Waals surface area contributed by atoms with Crippen LogP contribution in [0.2, 0.25) is 0 Å². The Bertz CT molecular complexity index is 424. The average molecular weight is 270 g/mol. The zero-order chi connectivity index (χ0) is 13.8. The van der Waals surface area contributed by atoms with Gasteiger partial charge in [-0.15, -0.1) is 11.6 Å². The van der Waals surface area contributed by atoms with Crippen LogP contribution in [0.3, 0.4) is 0 Å². The van der Waals surface area contributed by atoms with E-state index < -0.39 is 0 Å². The number of methoxy groups -OCH3 is 1. The largest absolute Gasteiger partial charge is 0.497 e. The highest BCUT2D eigenvalue weighted by Gasteiger charge is 2.18. The summed E-state index contributed by atoms with van der Waals surface area (Å²) in [6.07, 6.45) is 0. The summed E-state index contributed by atoms with van der Waals surface area (Å²) in [4.78, 5) is 11.2. The first kappa shape index (κ1) is 14.8. The number of carbonyl (C=O) groups is 1. The second-order valence-electron chi connectivity index (χ2n) is 5.18. The quantitative estimate of drug-likeness (QED) is 0.854. The van der Waals surface area contributed by atoms with Crippen LogP contribution in [0.4, 0.5) is 0 Å². The lowest BCUT2D eigenvalue weighted by Gasteiger charge is -2.23. The van der Waals surface area contributed by atoms with Crippen molar-refractivity contribution < 1.29 is 9.53 Å². The molecule has 0 atom stereocenters. The van der Waals surface area contributed by atoms with E-state index >= 15 is 0 Å². The highest BCUT2D eigenvalue weighted by atomic mass is 35.5. The molecule has 100 valence electrons. The van der Waals surface area contributed by atoms with E-state index in [0.29, 0.717) is 6.54 Å². The number of ether oxygens (including phenoxy) is 1. The van der Waals surface area contributed by atoms with Crippen molar-refractivity contribution in [2.45, 2.75) is 32.7 Å². The summed E-state index contributed by atoms with van der Waals surface area (Å²) in [5, 5.41) is 2.79. The molecular formula is C14H20ClNO2. The summed E-state index contributed by atoms with van der Waals surface area (Å²) in [6, 6.07) is 5.90. The number of alkyl halides is 1. The molecule has 0 saturated carbocycles. The van der Waals surface area contributed by atoms with Gasteiger partial charge >= 0.3 is 0 Å². The van der Waals surface area contributed by atoms with Crippen LogP contribution in [0.25, 0.3) is 0 Å². The zero-order valence-corrected chi connectivity index (χ0v) is 12.1. The molecule has 1 rings (SSSR count). The van der Waals surface area contributed by atoms with Gasteiger partial charge in [-0.25, -0.2) is 0 Å². The van der Waals surface area contributed by atoms with Gasteiger partial charge in [0.05, 0.1) is 7.11 Å². The Morgan fingerprint density at radius 2 is 2.06 bits per heavy atom. The Balaban J connectivity index is 2.99. The number of halogens is 1. The van der Waals surface area contributed by atoms with Crippen molar-refractivity contribution in [3.63, 3.8) is 0 Å². The maximum Gasteiger partial charge on any atom is 0.235 e. The molecule has 0 aliphatic rings. The maximum absolute atomic E-state index is 11.2. The minimum atomic E-state index is -0.160. The third-order valence-electron chi connectivity index (χ3n) is 2.72. The van der Waals surface area contributed by atoms with Crippen LogP contribution < -0.4 is 10.1 Å². The lowest BCUT2D eigenvalue weighted by atomic mass is 9.83. The molecule has 1 N–H and O–H groups in total. The fraction of sp³-hybridized carbons (Fsp3) is 0.500. The number of carbonyl (C=O) groups excluding carboxylic acids is 1. The van der Waals surface area contributed by atoms with E-state index in [1.165, 1.54) is 0 Å². The fourth-order valence-electron chi connectivity index (χ4n) is 1.78. The van der Waals surface area contributed by atoms with Crippen molar-refractivity contribution in [1.82, 2.24) is 5.32 Å². The molecule has 0 aliphatic heterocycles. The van der Waals surface area contributed by atoms with Crippen molar-refractivity contribution in [3.8, 4) is 5.75 Å². The monoisotopic (exact) mass is 269 g/mol. The molecule has 4 heteroatoms. The van der Waals surface area contributed by atoms with E-state index in [0.717, 1.165) is 16.9 Å². The molecule has 0 bridgehead atoms. The van der Waals surface area contributed by atoms with Gasteiger partial charge in [-0.1, -0.05) is 26.8 Å². The maximum atomic E-state index is 11.2. The van der Waals surface area contributed by atoms with Crippen molar-refractivity contribution in [1.29, 1.82) is 0 Å². The van der Waals surface area contributed by atoms with Crippen LogP contribution in [-0.2, 0) is 16.8 Å². The molecule has 0 spiro atoms. The molecule has 18 heavy (non-hydrogen) atoms. The van der Waals surface area contributed by atoms with E-state index in [4.69, 9.17) is 16.3 Å². The van der Waals surface area contributed by atoms with E-state index in [2.05, 4.69) is 26.1 Å². The number of nitrogens with one attached hydrogen (secondary N) is 1. The summed E-state index contributed by atoms with van der Waals surface area (Å²) in [6.45, 7) is 6.89. The van der Waals surface area contributed by atoms with E-state index in [1.807, 2.05) is 18.2 Å². The van der Waals surface area contributed by atoms with Crippen LogP contribution in [0.1, 0.15) is 31.9 Å². The molecular weight excluding hydrogens is 250 g/mol. The van der Waals surface area contributed by atoms with Crippen LogP contribution in [-0.4, -0.2) is 18.9 Å². The first-order valence-corrected chi connectivity index (χ1v) is 6.42. The summed E-state index contributed by atoms with van der Waals surface area (Å²) >= 11 is 5.46. The van der Waals surface area contributed by atoms with Crippen LogP contribution in [0, 0.1) is 0 Å². The number of benzene rings is 1. The number of rotatable bonds is 4. The Labute approximate surface area is 113 Å². The zero-order valence-electron chi connectivity index (χ0n) is 11.3. The first-order valence-electron chi connectivity index (χ1n) is 5.88. The average Bonchev–Trinajstić information content (AvgIpc) is 2.34. The van der Waals surface area contributed by atoms with Crippen LogP contribution >= 0.6 is 11.6 Å². The highest BCUT2D eigenvalue weighted by molar-refractivity contribution is 6.27. The third-order valence-corrected chi connectivity index (χ3v) is 2.97. The van der Waals surface area contributed by atoms with Gasteiger partial charge in [-0.3, -0.25) is 4.79 Å². The van der Waals surface area contributed by atoms with Gasteiger partial charge in [-0.05, 0) is 28.7 Å². The van der Waals surface area contributed by atoms with Crippen LogP contribution in [0.5, 0.6) is 5.75 Å². The highest BCUT2D eigenvalue weighted by Crippen LogP contribution is 2.29. The lowest BCUT2D eigenvalue weighted by molar-refractivity contribution is -0.118. The number of hydrogen-bond donors (Lipinski definition) is 1. The molecule has 1 amide bonds. The van der Waals surface area contributed by atoms with Gasteiger partial charge in [0, 0.05) is 6.54 Å². The molecule has 1 aromatic carbocycles. The van der Waals surface area contributed by atoms with Crippen molar-refractivity contribution in [2.24, 2.45) is 0 Å². The van der Waals surface area contributed by atoms with E-state index in [1.54, 1.807) is 7.11 Å². The van der Waals surface area contributed by atoms with Gasteiger partial charge in [-0.2, -0.15) is 0 Å². The summed E-state index contributed by atoms with van der Waals surface area (Å²) < 4.78 is 5.24. The topological polar surface area (TPSA) is 38.3 Å². The predicted molar refractivity (Wildman–Crippen MR) is 74.3 cm³/mol. The normalized spacial score (nSPS) is 11.2. The van der Waals surface area contributed by atoms with Crippen molar-refractivity contribution >= 4 is 17.5 Å². The molecule has 0 fully saturated rings. The molecule has 0 heterocycles. The smallest absolute Gasteiger partial charge is 0.235 e. The second-order valence-corrected chi connectivity index (χ2v) is 5.45. The van der Waals surface area contributed by atoms with Gasteiger partial charge in [0.15, 0.2) is 0 Å². The molecule has 0 unspecified atom stereocenters. The molecule has 0 aliphatic carbocycles.